The SMILES string of the molecule is Cn1nnc(NC2CCN(C(=O)O)C(C(=O)OC(C)(C)C)(C(C)(C)C)C2C(=O)ON2CCCCC2)n1. The van der Waals surface area contributed by atoms with Crippen LogP contribution in [0.2, 0.25) is 0 Å². The first-order valence-electron chi connectivity index (χ1n) is 12.4. The minimum absolute atomic E-state index is 0.0166. The molecule has 3 heterocycles. The maximum atomic E-state index is 14.1. The molecule has 202 valence electrons. The Bertz CT molecular complexity index is 963. The van der Waals surface area contributed by atoms with E-state index in [1.54, 1.807) is 53.7 Å². The molecule has 2 aliphatic heterocycles. The van der Waals surface area contributed by atoms with Crippen LogP contribution in [0.1, 0.15) is 67.2 Å². The summed E-state index contributed by atoms with van der Waals surface area (Å²) in [5.41, 5.74) is -3.89. The number of hydrogen-bond acceptors (Lipinski definition) is 10. The zero-order valence-electron chi connectivity index (χ0n) is 22.3. The van der Waals surface area contributed by atoms with Crippen LogP contribution >= 0.6 is 0 Å². The fourth-order valence-electron chi connectivity index (χ4n) is 5.23. The van der Waals surface area contributed by atoms with Crippen LogP contribution in [-0.4, -0.2) is 90.1 Å². The van der Waals surface area contributed by atoms with Gasteiger partial charge in [0, 0.05) is 25.7 Å². The zero-order valence-corrected chi connectivity index (χ0v) is 22.3. The summed E-state index contributed by atoms with van der Waals surface area (Å²) in [4.78, 5) is 48.8. The summed E-state index contributed by atoms with van der Waals surface area (Å²) in [5.74, 6) is -2.61. The van der Waals surface area contributed by atoms with Gasteiger partial charge in [0.15, 0.2) is 5.54 Å². The molecule has 1 aromatic rings. The van der Waals surface area contributed by atoms with E-state index in [9.17, 15) is 19.5 Å². The van der Waals surface area contributed by atoms with Gasteiger partial charge in [0.1, 0.15) is 11.5 Å². The molecule has 2 saturated heterocycles. The summed E-state index contributed by atoms with van der Waals surface area (Å²) < 4.78 is 5.82. The Labute approximate surface area is 211 Å². The third kappa shape index (κ3) is 5.55. The standard InChI is InChI=1S/C23H39N7O6/c1-21(2,3)23(18(32)35-22(4,5)6)16(17(31)36-29-12-9-8-10-13-29)15(11-14-30(23)20(33)34)24-19-25-27-28(7)26-19/h15-16H,8-14H2,1-7H3,(H,24,26)(H,33,34). The number of carboxylic acid groups (broad SMARTS) is 1. The van der Waals surface area contributed by atoms with Crippen molar-refractivity contribution in [3.63, 3.8) is 0 Å². The van der Waals surface area contributed by atoms with Crippen LogP contribution < -0.4 is 5.32 Å². The van der Waals surface area contributed by atoms with E-state index in [0.29, 0.717) is 13.1 Å². The number of ether oxygens (including phenoxy) is 1. The number of nitrogens with zero attached hydrogens (tertiary/aromatic N) is 6. The highest BCUT2D eigenvalue weighted by molar-refractivity contribution is 5.94. The lowest BCUT2D eigenvalue weighted by Crippen LogP contribution is -2.76. The van der Waals surface area contributed by atoms with Gasteiger partial charge in [-0.1, -0.05) is 32.3 Å². The van der Waals surface area contributed by atoms with Crippen LogP contribution in [0.15, 0.2) is 0 Å². The summed E-state index contributed by atoms with van der Waals surface area (Å²) in [5, 5.41) is 26.9. The molecule has 3 rings (SSSR count). The number of hydrogen-bond donors (Lipinski definition) is 2. The fraction of sp³-hybridized carbons (Fsp3) is 0.826. The predicted octanol–water partition coefficient (Wildman–Crippen LogP) is 2.06. The lowest BCUT2D eigenvalue weighted by molar-refractivity contribution is -0.218. The first kappa shape index (κ1) is 27.6. The summed E-state index contributed by atoms with van der Waals surface area (Å²) in [6, 6.07) is -0.728. The average Bonchev–Trinajstić information content (AvgIpc) is 3.16. The van der Waals surface area contributed by atoms with E-state index < -0.39 is 46.5 Å². The first-order chi connectivity index (χ1) is 16.7. The Morgan fingerprint density at radius 2 is 1.69 bits per heavy atom. The Morgan fingerprint density at radius 1 is 1.06 bits per heavy atom. The molecule has 0 bridgehead atoms. The number of amides is 1. The maximum Gasteiger partial charge on any atom is 0.408 e. The number of anilines is 1. The van der Waals surface area contributed by atoms with Gasteiger partial charge in [0.2, 0.25) is 0 Å². The Morgan fingerprint density at radius 3 is 2.19 bits per heavy atom. The van der Waals surface area contributed by atoms with Gasteiger partial charge in [-0.15, -0.1) is 10.2 Å². The summed E-state index contributed by atoms with van der Waals surface area (Å²) >= 11 is 0. The van der Waals surface area contributed by atoms with Crippen molar-refractivity contribution in [2.24, 2.45) is 18.4 Å². The van der Waals surface area contributed by atoms with E-state index in [1.165, 1.54) is 4.80 Å². The van der Waals surface area contributed by atoms with Gasteiger partial charge in [-0.25, -0.2) is 14.4 Å². The molecule has 0 aliphatic carbocycles. The number of aromatic nitrogens is 4. The van der Waals surface area contributed by atoms with E-state index >= 15 is 0 Å². The third-order valence-electron chi connectivity index (χ3n) is 6.64. The zero-order chi connectivity index (χ0) is 26.9. The van der Waals surface area contributed by atoms with Crippen molar-refractivity contribution in [2.75, 3.05) is 25.0 Å². The molecular weight excluding hydrogens is 470 g/mol. The van der Waals surface area contributed by atoms with E-state index in [1.807, 2.05) is 0 Å². The van der Waals surface area contributed by atoms with Gasteiger partial charge in [-0.2, -0.15) is 4.80 Å². The number of piperidine rings is 2. The monoisotopic (exact) mass is 509 g/mol. The molecule has 0 saturated carbocycles. The molecular formula is C23H39N7O6. The summed E-state index contributed by atoms with van der Waals surface area (Å²) in [6.07, 6.45) is 1.69. The van der Waals surface area contributed by atoms with Gasteiger partial charge in [0.25, 0.3) is 5.95 Å². The van der Waals surface area contributed by atoms with Crippen molar-refractivity contribution in [1.29, 1.82) is 0 Å². The summed E-state index contributed by atoms with van der Waals surface area (Å²) in [7, 11) is 1.60. The smallest absolute Gasteiger partial charge is 0.408 e. The van der Waals surface area contributed by atoms with Crippen LogP contribution in [0.4, 0.5) is 10.7 Å². The number of carbonyl (C=O) groups is 3. The van der Waals surface area contributed by atoms with Crippen LogP contribution in [0.5, 0.6) is 0 Å². The number of hydroxylamine groups is 2. The van der Waals surface area contributed by atoms with Gasteiger partial charge in [0.05, 0.1) is 7.05 Å². The minimum Gasteiger partial charge on any atom is -0.465 e. The molecule has 0 aromatic carbocycles. The number of rotatable bonds is 5. The molecule has 13 heteroatoms. The fourth-order valence-corrected chi connectivity index (χ4v) is 5.23. The van der Waals surface area contributed by atoms with Crippen molar-refractivity contribution in [3.05, 3.63) is 0 Å². The molecule has 1 amide bonds. The van der Waals surface area contributed by atoms with Crippen LogP contribution in [-0.2, 0) is 26.2 Å². The van der Waals surface area contributed by atoms with Crippen molar-refractivity contribution in [2.45, 2.75) is 84.4 Å². The van der Waals surface area contributed by atoms with Gasteiger partial charge < -0.3 is 20.0 Å². The summed E-state index contributed by atoms with van der Waals surface area (Å²) in [6.45, 7) is 11.4. The van der Waals surface area contributed by atoms with Crippen LogP contribution in [0.3, 0.4) is 0 Å². The van der Waals surface area contributed by atoms with Crippen LogP contribution in [0, 0.1) is 11.3 Å². The molecule has 2 aliphatic rings. The molecule has 1 aromatic heterocycles. The van der Waals surface area contributed by atoms with Crippen molar-refractivity contribution >= 4 is 24.0 Å². The Kier molecular flexibility index (Phi) is 7.82. The topological polar surface area (TPSA) is 152 Å². The van der Waals surface area contributed by atoms with E-state index in [0.717, 1.165) is 24.2 Å². The maximum absolute atomic E-state index is 14.1. The van der Waals surface area contributed by atoms with Gasteiger partial charge >= 0.3 is 18.0 Å². The molecule has 0 radical (unpaired) electrons. The lowest BCUT2D eigenvalue weighted by atomic mass is 9.60. The largest absolute Gasteiger partial charge is 0.465 e. The van der Waals surface area contributed by atoms with Gasteiger partial charge in [-0.3, -0.25) is 4.90 Å². The normalized spacial score (nSPS) is 25.8. The number of likely N-dealkylation sites (tertiary alicyclic amines) is 1. The molecule has 0 spiro atoms. The number of nitrogens with one attached hydrogen (secondary N) is 1. The molecule has 2 N–H and O–H groups in total. The second kappa shape index (κ2) is 10.2. The highest BCUT2D eigenvalue weighted by Crippen LogP contribution is 2.49. The van der Waals surface area contributed by atoms with E-state index in [2.05, 4.69) is 20.7 Å². The van der Waals surface area contributed by atoms with Crippen molar-refractivity contribution in [1.82, 2.24) is 30.2 Å². The van der Waals surface area contributed by atoms with Gasteiger partial charge in [-0.05, 0) is 50.7 Å². The number of carbonyl (C=O) groups excluding carboxylic acids is 2. The van der Waals surface area contributed by atoms with E-state index in [4.69, 9.17) is 9.57 Å². The molecule has 13 nitrogen and oxygen atoms in total. The number of aryl methyl sites for hydroxylation is 1. The molecule has 3 atom stereocenters. The highest BCUT2D eigenvalue weighted by Gasteiger charge is 2.68. The van der Waals surface area contributed by atoms with Crippen molar-refractivity contribution < 1.29 is 29.1 Å². The Hall–Kier alpha value is -2.96. The number of tetrazole rings is 1. The second-order valence-electron chi connectivity index (χ2n) is 11.5. The minimum atomic E-state index is -1.91. The van der Waals surface area contributed by atoms with E-state index in [-0.39, 0.29) is 18.9 Å². The highest BCUT2D eigenvalue weighted by atomic mass is 16.7. The Balaban J connectivity index is 2.16. The molecule has 36 heavy (non-hydrogen) atoms. The quantitative estimate of drug-likeness (QED) is 0.561. The first-order valence-corrected chi connectivity index (χ1v) is 12.4. The van der Waals surface area contributed by atoms with Crippen LogP contribution in [0.25, 0.3) is 0 Å². The van der Waals surface area contributed by atoms with Crippen molar-refractivity contribution in [3.8, 4) is 0 Å². The third-order valence-corrected chi connectivity index (χ3v) is 6.64. The molecule has 2 fully saturated rings. The predicted molar refractivity (Wildman–Crippen MR) is 129 cm³/mol. The second-order valence-corrected chi connectivity index (χ2v) is 11.5. The lowest BCUT2D eigenvalue weighted by Gasteiger charge is -2.56. The molecule has 3 unspecified atom stereocenters. The average molecular weight is 510 g/mol. The number of esters is 1.